The molecule has 16 nitrogen and oxygen atoms in total. The Morgan fingerprint density at radius 2 is 1.79 bits per heavy atom. The zero-order valence-corrected chi connectivity index (χ0v) is 27.5. The van der Waals surface area contributed by atoms with Crippen LogP contribution < -0.4 is 21.7 Å². The summed E-state index contributed by atoms with van der Waals surface area (Å²) in [5.41, 5.74) is 9.06. The van der Waals surface area contributed by atoms with Crippen molar-refractivity contribution in [2.24, 2.45) is 5.73 Å². The number of aromatic nitrogens is 4. The molecule has 6 amide bonds. The highest BCUT2D eigenvalue weighted by Crippen LogP contribution is 2.30. The Morgan fingerprint density at radius 1 is 1.00 bits per heavy atom. The lowest BCUT2D eigenvalue weighted by Gasteiger charge is -2.27. The highest BCUT2D eigenvalue weighted by molar-refractivity contribution is 6.24. The molecule has 5 aromatic rings. The number of amides is 6. The lowest BCUT2D eigenvalue weighted by atomic mass is 9.99. The number of nitrogens with two attached hydrogens (primary N) is 1. The van der Waals surface area contributed by atoms with Gasteiger partial charge in [0.15, 0.2) is 11.4 Å². The van der Waals surface area contributed by atoms with Gasteiger partial charge < -0.3 is 20.8 Å². The molecule has 3 aromatic heterocycles. The second-order valence-electron chi connectivity index (χ2n) is 12.2. The number of primary amides is 1. The van der Waals surface area contributed by atoms with E-state index in [1.54, 1.807) is 42.7 Å². The number of carbonyl (C=O) groups excluding carboxylic acids is 6. The third-order valence-corrected chi connectivity index (χ3v) is 8.74. The average Bonchev–Trinajstić information content (AvgIpc) is 3.87. The standard InChI is InChI=1S/C36H31N9O7/c37-31(47)30-25(40-32(48)26-19-52-34(41-26)22-12-15-38-16-13-22)18-44(43-30)23-8-6-20(7-9-23)17-39-14-2-4-21-3-1-5-24-29(21)36(51)45(35(24)50)27-10-11-28(46)42-33(27)49/h1,3,5-9,12-13,15-16,18-19,27,39H,2,4,10-11,14,17H2,(H2,37,47)(H,40,48)(H,42,46,49). The van der Waals surface area contributed by atoms with Crippen LogP contribution in [0, 0.1) is 0 Å². The van der Waals surface area contributed by atoms with Crippen LogP contribution in [0.15, 0.2) is 83.9 Å². The summed E-state index contributed by atoms with van der Waals surface area (Å²) in [5.74, 6) is -3.30. The molecule has 0 saturated carbocycles. The maximum atomic E-state index is 13.3. The number of imide groups is 2. The molecule has 5 heterocycles. The first-order chi connectivity index (χ1) is 25.2. The number of oxazole rings is 1. The second kappa shape index (κ2) is 14.2. The number of carbonyl (C=O) groups is 6. The summed E-state index contributed by atoms with van der Waals surface area (Å²) in [6, 6.07) is 14.9. The van der Waals surface area contributed by atoms with Crippen molar-refractivity contribution in [2.45, 2.75) is 38.3 Å². The highest BCUT2D eigenvalue weighted by atomic mass is 16.3. The van der Waals surface area contributed by atoms with E-state index >= 15 is 0 Å². The molecule has 0 radical (unpaired) electrons. The van der Waals surface area contributed by atoms with Crippen molar-refractivity contribution in [1.82, 2.24) is 35.3 Å². The zero-order chi connectivity index (χ0) is 36.4. The molecular formula is C36H31N9O7. The Hall–Kier alpha value is -6.81. The fourth-order valence-corrected chi connectivity index (χ4v) is 6.17. The first kappa shape index (κ1) is 33.7. The molecule has 1 saturated heterocycles. The molecular weight excluding hydrogens is 670 g/mol. The van der Waals surface area contributed by atoms with Crippen molar-refractivity contribution in [1.29, 1.82) is 0 Å². The van der Waals surface area contributed by atoms with Crippen LogP contribution in [0.3, 0.4) is 0 Å². The zero-order valence-electron chi connectivity index (χ0n) is 27.5. The lowest BCUT2D eigenvalue weighted by Crippen LogP contribution is -2.54. The fourth-order valence-electron chi connectivity index (χ4n) is 6.17. The molecule has 1 fully saturated rings. The molecule has 1 atom stereocenters. The van der Waals surface area contributed by atoms with Crippen LogP contribution in [0.2, 0.25) is 0 Å². The molecule has 5 N–H and O–H groups in total. The molecule has 2 aliphatic heterocycles. The fraction of sp³-hybridized carbons (Fsp3) is 0.194. The van der Waals surface area contributed by atoms with E-state index < -0.39 is 41.5 Å². The first-order valence-corrected chi connectivity index (χ1v) is 16.4. The summed E-state index contributed by atoms with van der Waals surface area (Å²) in [4.78, 5) is 84.6. The third kappa shape index (κ3) is 6.69. The number of benzene rings is 2. The third-order valence-electron chi connectivity index (χ3n) is 8.74. The second-order valence-corrected chi connectivity index (χ2v) is 12.2. The first-order valence-electron chi connectivity index (χ1n) is 16.4. The molecule has 262 valence electrons. The van der Waals surface area contributed by atoms with Crippen molar-refractivity contribution >= 4 is 41.1 Å². The predicted molar refractivity (Wildman–Crippen MR) is 183 cm³/mol. The van der Waals surface area contributed by atoms with Crippen molar-refractivity contribution < 1.29 is 33.2 Å². The van der Waals surface area contributed by atoms with Crippen molar-refractivity contribution in [3.05, 3.63) is 113 Å². The van der Waals surface area contributed by atoms with Gasteiger partial charge in [0.25, 0.3) is 23.6 Å². The number of hydrogen-bond donors (Lipinski definition) is 4. The topological polar surface area (TPSA) is 225 Å². The van der Waals surface area contributed by atoms with Crippen LogP contribution in [0.5, 0.6) is 0 Å². The van der Waals surface area contributed by atoms with Gasteiger partial charge in [0.05, 0.1) is 28.7 Å². The Kier molecular flexibility index (Phi) is 9.20. The summed E-state index contributed by atoms with van der Waals surface area (Å²) in [6.45, 7) is 1.16. The summed E-state index contributed by atoms with van der Waals surface area (Å²) >= 11 is 0. The van der Waals surface area contributed by atoms with Gasteiger partial charge in [0.2, 0.25) is 17.7 Å². The van der Waals surface area contributed by atoms with Gasteiger partial charge in [-0.3, -0.25) is 44.0 Å². The number of rotatable bonds is 12. The number of aryl methyl sites for hydroxylation is 1. The van der Waals surface area contributed by atoms with Gasteiger partial charge in [-0.25, -0.2) is 9.67 Å². The van der Waals surface area contributed by atoms with E-state index in [-0.39, 0.29) is 41.4 Å². The minimum atomic E-state index is -1.01. The van der Waals surface area contributed by atoms with Crippen molar-refractivity contribution in [2.75, 3.05) is 11.9 Å². The number of nitrogens with one attached hydrogen (secondary N) is 3. The van der Waals surface area contributed by atoms with Crippen LogP contribution in [0.1, 0.15) is 72.1 Å². The summed E-state index contributed by atoms with van der Waals surface area (Å²) in [7, 11) is 0. The van der Waals surface area contributed by atoms with Crippen molar-refractivity contribution in [3.8, 4) is 17.1 Å². The van der Waals surface area contributed by atoms with Gasteiger partial charge in [-0.1, -0.05) is 24.3 Å². The van der Waals surface area contributed by atoms with Gasteiger partial charge in [0, 0.05) is 30.9 Å². The molecule has 1 unspecified atom stereocenters. The van der Waals surface area contributed by atoms with Gasteiger partial charge in [0.1, 0.15) is 12.3 Å². The van der Waals surface area contributed by atoms with Crippen LogP contribution in [0.4, 0.5) is 5.69 Å². The Labute approximate surface area is 295 Å². The number of pyridine rings is 1. The van der Waals surface area contributed by atoms with E-state index in [1.807, 2.05) is 24.3 Å². The molecule has 7 rings (SSSR count). The van der Waals surface area contributed by atoms with Gasteiger partial charge in [-0.05, 0) is 67.3 Å². The van der Waals surface area contributed by atoms with Gasteiger partial charge in [-0.15, -0.1) is 0 Å². The molecule has 52 heavy (non-hydrogen) atoms. The maximum Gasteiger partial charge on any atom is 0.277 e. The van der Waals surface area contributed by atoms with E-state index in [0.29, 0.717) is 42.7 Å². The summed E-state index contributed by atoms with van der Waals surface area (Å²) in [5, 5.41) is 12.5. The Bertz CT molecular complexity index is 2230. The number of nitrogens with zero attached hydrogens (tertiary/aromatic N) is 5. The van der Waals surface area contributed by atoms with E-state index in [9.17, 15) is 28.8 Å². The molecule has 0 aliphatic carbocycles. The van der Waals surface area contributed by atoms with Crippen LogP contribution in [-0.2, 0) is 22.6 Å². The molecule has 0 bridgehead atoms. The van der Waals surface area contributed by atoms with E-state index in [1.165, 1.54) is 17.1 Å². The van der Waals surface area contributed by atoms with Crippen LogP contribution >= 0.6 is 0 Å². The van der Waals surface area contributed by atoms with Crippen LogP contribution in [0.25, 0.3) is 17.1 Å². The predicted octanol–water partition coefficient (Wildman–Crippen LogP) is 2.40. The summed E-state index contributed by atoms with van der Waals surface area (Å²) < 4.78 is 6.86. The maximum absolute atomic E-state index is 13.3. The summed E-state index contributed by atoms with van der Waals surface area (Å²) in [6.07, 6.45) is 7.21. The lowest BCUT2D eigenvalue weighted by molar-refractivity contribution is -0.136. The van der Waals surface area contributed by atoms with Gasteiger partial charge >= 0.3 is 0 Å². The smallest absolute Gasteiger partial charge is 0.277 e. The SMILES string of the molecule is NC(=O)c1nn(-c2ccc(CNCCCc3cccc4c3C(=O)N(C3CCC(=O)NC3=O)C4=O)cc2)cc1NC(=O)c1coc(-c2ccncc2)n1. The molecule has 0 spiro atoms. The monoisotopic (exact) mass is 701 g/mol. The van der Waals surface area contributed by atoms with Crippen molar-refractivity contribution in [3.63, 3.8) is 0 Å². The number of anilines is 1. The Balaban J connectivity index is 0.934. The number of fused-ring (bicyclic) bond motifs is 1. The largest absolute Gasteiger partial charge is 0.444 e. The van der Waals surface area contributed by atoms with E-state index in [4.69, 9.17) is 10.2 Å². The van der Waals surface area contributed by atoms with E-state index in [0.717, 1.165) is 16.0 Å². The molecule has 16 heteroatoms. The quantitative estimate of drug-likeness (QED) is 0.109. The van der Waals surface area contributed by atoms with E-state index in [2.05, 4.69) is 31.0 Å². The number of piperidine rings is 1. The van der Waals surface area contributed by atoms with Crippen LogP contribution in [-0.4, -0.2) is 72.7 Å². The number of hydrogen-bond acceptors (Lipinski definition) is 11. The average molecular weight is 702 g/mol. The minimum Gasteiger partial charge on any atom is -0.444 e. The van der Waals surface area contributed by atoms with Gasteiger partial charge in [-0.2, -0.15) is 5.10 Å². The molecule has 2 aliphatic rings. The normalized spacial score (nSPS) is 15.5. The Morgan fingerprint density at radius 3 is 2.54 bits per heavy atom. The minimum absolute atomic E-state index is 0.000437. The molecule has 2 aromatic carbocycles. The highest BCUT2D eigenvalue weighted by Gasteiger charge is 2.45.